The summed E-state index contributed by atoms with van der Waals surface area (Å²) in [6.07, 6.45) is 1.47. The lowest BCUT2D eigenvalue weighted by molar-refractivity contribution is -0.138. The maximum absolute atomic E-state index is 12.7. The highest BCUT2D eigenvalue weighted by Gasteiger charge is 2.28. The van der Waals surface area contributed by atoms with E-state index in [2.05, 4.69) is 25.8 Å². The number of aliphatic carboxylic acids is 1. The van der Waals surface area contributed by atoms with Crippen LogP contribution >= 0.6 is 11.3 Å². The molecule has 0 aromatic carbocycles. The van der Waals surface area contributed by atoms with E-state index in [9.17, 15) is 9.59 Å². The highest BCUT2D eigenvalue weighted by atomic mass is 32.1. The average Bonchev–Trinajstić information content (AvgIpc) is 2.95. The third kappa shape index (κ3) is 4.99. The molecule has 1 saturated heterocycles. The van der Waals surface area contributed by atoms with Crippen LogP contribution < -0.4 is 0 Å². The van der Waals surface area contributed by atoms with Crippen LogP contribution in [-0.4, -0.2) is 77.7 Å². The van der Waals surface area contributed by atoms with Gasteiger partial charge in [0.2, 0.25) is 0 Å². The number of amides is 1. The van der Waals surface area contributed by atoms with Gasteiger partial charge in [-0.05, 0) is 7.05 Å². The Morgan fingerprint density at radius 3 is 2.79 bits per heavy atom. The molecule has 0 spiro atoms. The molecule has 0 radical (unpaired) electrons. The van der Waals surface area contributed by atoms with Gasteiger partial charge >= 0.3 is 5.97 Å². The smallest absolute Gasteiger partial charge is 0.317 e. The van der Waals surface area contributed by atoms with Crippen LogP contribution in [0.3, 0.4) is 0 Å². The molecule has 1 aliphatic rings. The molecule has 1 aromatic heterocycles. The minimum absolute atomic E-state index is 0.0304. The Hall–Kier alpha value is -1.51. The Bertz CT molecular complexity index is 596. The van der Waals surface area contributed by atoms with E-state index in [1.165, 1.54) is 11.3 Å². The van der Waals surface area contributed by atoms with Crippen molar-refractivity contribution in [1.82, 2.24) is 14.8 Å². The van der Waals surface area contributed by atoms with E-state index < -0.39 is 5.97 Å². The number of hydrogen-bond donors (Lipinski definition) is 1. The number of hydrogen-bond acceptors (Lipinski definition) is 6. The number of nitrogens with zero attached hydrogens (tertiary/aromatic N) is 3. The fourth-order valence-electron chi connectivity index (χ4n) is 2.53. The van der Waals surface area contributed by atoms with Crippen LogP contribution in [0.5, 0.6) is 0 Å². The highest BCUT2D eigenvalue weighted by molar-refractivity contribution is 7.13. The van der Waals surface area contributed by atoms with Crippen molar-refractivity contribution in [2.24, 2.45) is 0 Å². The lowest BCUT2D eigenvalue weighted by atomic mass is 9.98. The molecule has 2 heterocycles. The van der Waals surface area contributed by atoms with Crippen molar-refractivity contribution in [2.75, 3.05) is 39.8 Å². The first kappa shape index (κ1) is 18.8. The molecular weight excluding hydrogens is 330 g/mol. The number of morpholine rings is 1. The largest absolute Gasteiger partial charge is 0.480 e. The first-order valence-electron chi connectivity index (χ1n) is 7.94. The molecule has 0 saturated carbocycles. The van der Waals surface area contributed by atoms with Gasteiger partial charge in [-0.15, -0.1) is 11.3 Å². The Morgan fingerprint density at radius 2 is 2.21 bits per heavy atom. The minimum Gasteiger partial charge on any atom is -0.480 e. The Labute approximate surface area is 146 Å². The fraction of sp³-hybridized carbons (Fsp3) is 0.688. The molecule has 1 amide bonds. The van der Waals surface area contributed by atoms with Crippen molar-refractivity contribution in [3.05, 3.63) is 16.1 Å². The molecule has 1 fully saturated rings. The van der Waals surface area contributed by atoms with E-state index in [4.69, 9.17) is 9.84 Å². The molecule has 2 rings (SSSR count). The first-order chi connectivity index (χ1) is 11.2. The summed E-state index contributed by atoms with van der Waals surface area (Å²) in [5.41, 5.74) is -0.0731. The number of ether oxygens (including phenoxy) is 1. The lowest BCUT2D eigenvalue weighted by Crippen LogP contribution is -2.49. The van der Waals surface area contributed by atoms with Crippen LogP contribution in [0.2, 0.25) is 0 Å². The second-order valence-electron chi connectivity index (χ2n) is 7.11. The van der Waals surface area contributed by atoms with Gasteiger partial charge < -0.3 is 14.7 Å². The summed E-state index contributed by atoms with van der Waals surface area (Å²) < 4.78 is 5.67. The van der Waals surface area contributed by atoms with E-state index >= 15 is 0 Å². The van der Waals surface area contributed by atoms with E-state index in [-0.39, 0.29) is 24.0 Å². The Balaban J connectivity index is 1.97. The van der Waals surface area contributed by atoms with Gasteiger partial charge in [-0.3, -0.25) is 14.5 Å². The number of rotatable bonds is 5. The molecule has 1 N–H and O–H groups in total. The first-order valence-corrected chi connectivity index (χ1v) is 8.76. The maximum Gasteiger partial charge on any atom is 0.317 e. The summed E-state index contributed by atoms with van der Waals surface area (Å²) in [5.74, 6) is -0.905. The molecule has 0 aliphatic carbocycles. The molecule has 8 heteroatoms. The van der Waals surface area contributed by atoms with Gasteiger partial charge in [0, 0.05) is 25.0 Å². The monoisotopic (exact) mass is 355 g/mol. The third-order valence-corrected chi connectivity index (χ3v) is 5.12. The zero-order valence-electron chi connectivity index (χ0n) is 14.6. The standard InChI is InChI=1S/C16H25N3O4S/c1-16(2,3)15-17-7-12(24-15)14(22)19-5-6-23-11(9-19)8-18(4)10-13(20)21/h7,11H,5-6,8-10H2,1-4H3,(H,20,21). The predicted molar refractivity (Wildman–Crippen MR) is 91.6 cm³/mol. The third-order valence-electron chi connectivity index (χ3n) is 3.70. The zero-order valence-corrected chi connectivity index (χ0v) is 15.4. The molecule has 24 heavy (non-hydrogen) atoms. The maximum atomic E-state index is 12.7. The highest BCUT2D eigenvalue weighted by Crippen LogP contribution is 2.27. The van der Waals surface area contributed by atoms with Crippen molar-refractivity contribution in [3.8, 4) is 0 Å². The van der Waals surface area contributed by atoms with Crippen molar-refractivity contribution in [3.63, 3.8) is 0 Å². The molecule has 1 aromatic rings. The number of thiazole rings is 1. The second-order valence-corrected chi connectivity index (χ2v) is 8.14. The Morgan fingerprint density at radius 1 is 1.50 bits per heavy atom. The number of carboxylic acids is 1. The number of carbonyl (C=O) groups excluding carboxylic acids is 1. The molecule has 1 aliphatic heterocycles. The predicted octanol–water partition coefficient (Wildman–Crippen LogP) is 1.30. The van der Waals surface area contributed by atoms with Crippen molar-refractivity contribution in [2.45, 2.75) is 32.3 Å². The van der Waals surface area contributed by atoms with Gasteiger partial charge in [-0.25, -0.2) is 4.98 Å². The van der Waals surface area contributed by atoms with E-state index in [0.29, 0.717) is 31.1 Å². The van der Waals surface area contributed by atoms with E-state index in [1.54, 1.807) is 23.0 Å². The molecule has 7 nitrogen and oxygen atoms in total. The van der Waals surface area contributed by atoms with Gasteiger partial charge in [-0.1, -0.05) is 20.8 Å². The van der Waals surface area contributed by atoms with Crippen LogP contribution in [0.15, 0.2) is 6.20 Å². The number of carbonyl (C=O) groups is 2. The summed E-state index contributed by atoms with van der Waals surface area (Å²) in [6.45, 7) is 8.12. The Kier molecular flexibility index (Phi) is 5.95. The molecule has 0 bridgehead atoms. The molecule has 1 unspecified atom stereocenters. The van der Waals surface area contributed by atoms with E-state index in [0.717, 1.165) is 5.01 Å². The topological polar surface area (TPSA) is 83.0 Å². The number of aromatic nitrogens is 1. The van der Waals surface area contributed by atoms with Crippen molar-refractivity contribution < 1.29 is 19.4 Å². The normalized spacial score (nSPS) is 18.9. The summed E-state index contributed by atoms with van der Waals surface area (Å²) in [6, 6.07) is 0. The fourth-order valence-corrected chi connectivity index (χ4v) is 3.47. The van der Waals surface area contributed by atoms with Crippen LogP contribution in [0.1, 0.15) is 35.5 Å². The van der Waals surface area contributed by atoms with Gasteiger partial charge in [0.25, 0.3) is 5.91 Å². The zero-order chi connectivity index (χ0) is 17.9. The van der Waals surface area contributed by atoms with Crippen LogP contribution in [0.25, 0.3) is 0 Å². The van der Waals surface area contributed by atoms with Gasteiger partial charge in [-0.2, -0.15) is 0 Å². The molecular formula is C16H25N3O4S. The quantitative estimate of drug-likeness (QED) is 0.857. The summed E-state index contributed by atoms with van der Waals surface area (Å²) in [4.78, 5) is 31.9. The average molecular weight is 355 g/mol. The lowest BCUT2D eigenvalue weighted by Gasteiger charge is -2.34. The summed E-state index contributed by atoms with van der Waals surface area (Å²) in [5, 5.41) is 9.76. The van der Waals surface area contributed by atoms with Crippen molar-refractivity contribution in [1.29, 1.82) is 0 Å². The van der Waals surface area contributed by atoms with Crippen LogP contribution in [0, 0.1) is 0 Å². The van der Waals surface area contributed by atoms with Gasteiger partial charge in [0.05, 0.1) is 30.5 Å². The summed E-state index contributed by atoms with van der Waals surface area (Å²) in [7, 11) is 1.73. The van der Waals surface area contributed by atoms with Gasteiger partial charge in [0.15, 0.2) is 0 Å². The molecule has 134 valence electrons. The summed E-state index contributed by atoms with van der Waals surface area (Å²) >= 11 is 1.43. The van der Waals surface area contributed by atoms with E-state index in [1.807, 2.05) is 0 Å². The van der Waals surface area contributed by atoms with Gasteiger partial charge in [0.1, 0.15) is 4.88 Å². The number of carboxylic acid groups (broad SMARTS) is 1. The second kappa shape index (κ2) is 7.58. The molecule has 1 atom stereocenters. The van der Waals surface area contributed by atoms with Crippen LogP contribution in [-0.2, 0) is 14.9 Å². The minimum atomic E-state index is -0.874. The number of likely N-dealkylation sites (N-methyl/N-ethyl adjacent to an activating group) is 1. The SMILES string of the molecule is CN(CC(=O)O)CC1CN(C(=O)c2cnc(C(C)(C)C)s2)CCO1. The van der Waals surface area contributed by atoms with Crippen LogP contribution in [0.4, 0.5) is 0 Å². The van der Waals surface area contributed by atoms with Crippen molar-refractivity contribution >= 4 is 23.2 Å².